The molecule has 1 saturated heterocycles. The number of benzene rings is 1. The van der Waals surface area contributed by atoms with Gasteiger partial charge in [-0.2, -0.15) is 0 Å². The van der Waals surface area contributed by atoms with E-state index in [9.17, 15) is 8.78 Å². The zero-order chi connectivity index (χ0) is 16.2. The highest BCUT2D eigenvalue weighted by molar-refractivity contribution is 6.88. The van der Waals surface area contributed by atoms with Gasteiger partial charge in [-0.1, -0.05) is 19.6 Å². The van der Waals surface area contributed by atoms with Crippen molar-refractivity contribution in [1.29, 1.82) is 0 Å². The molecule has 1 fully saturated rings. The molecule has 1 aromatic carbocycles. The second-order valence-electron chi connectivity index (χ2n) is 7.69. The van der Waals surface area contributed by atoms with E-state index in [1.54, 1.807) is 0 Å². The van der Waals surface area contributed by atoms with Crippen molar-refractivity contribution >= 4 is 25.8 Å². The molecule has 0 N–H and O–H groups in total. The van der Waals surface area contributed by atoms with Crippen LogP contribution >= 0.6 is 0 Å². The molecule has 0 saturated carbocycles. The lowest BCUT2D eigenvalue weighted by Crippen LogP contribution is -2.44. The van der Waals surface area contributed by atoms with E-state index >= 15 is 0 Å². The summed E-state index contributed by atoms with van der Waals surface area (Å²) in [6, 6.07) is 2.53. The maximum absolute atomic E-state index is 14.4. The molecule has 0 aliphatic carbocycles. The quantitative estimate of drug-likeness (QED) is 0.782. The molecule has 116 valence electrons. The average molecular weight is 312 g/mol. The summed E-state index contributed by atoms with van der Waals surface area (Å²) >= 11 is 0. The van der Waals surface area contributed by atoms with E-state index in [1.807, 2.05) is 47.3 Å². The van der Waals surface area contributed by atoms with Crippen LogP contribution in [0.2, 0.25) is 19.6 Å². The number of halogens is 2. The first-order chi connectivity index (χ1) is 9.35. The van der Waals surface area contributed by atoms with E-state index < -0.39 is 32.2 Å². The molecule has 0 atom stereocenters. The highest BCUT2D eigenvalue weighted by Crippen LogP contribution is 2.36. The lowest BCUT2D eigenvalue weighted by Gasteiger charge is -2.32. The van der Waals surface area contributed by atoms with E-state index in [1.165, 1.54) is 12.1 Å². The van der Waals surface area contributed by atoms with Gasteiger partial charge < -0.3 is 9.31 Å². The van der Waals surface area contributed by atoms with Gasteiger partial charge in [0.05, 0.1) is 19.3 Å². The Kier molecular flexibility index (Phi) is 3.88. The van der Waals surface area contributed by atoms with Crippen LogP contribution in [0.5, 0.6) is 0 Å². The molecule has 21 heavy (non-hydrogen) atoms. The minimum Gasteiger partial charge on any atom is -0.399 e. The molecular formula is C15H23BF2O2Si. The van der Waals surface area contributed by atoms with Gasteiger partial charge in [0.25, 0.3) is 0 Å². The van der Waals surface area contributed by atoms with Gasteiger partial charge in [0.2, 0.25) is 0 Å². The van der Waals surface area contributed by atoms with Gasteiger partial charge >= 0.3 is 7.12 Å². The molecule has 2 nitrogen and oxygen atoms in total. The fraction of sp³-hybridized carbons (Fsp3) is 0.600. The molecule has 1 aromatic rings. The first-order valence-electron chi connectivity index (χ1n) is 7.20. The SMILES string of the molecule is CC1(C)OB(c2cc(F)c([Si](C)(C)C)cc2F)OC1(C)C. The summed E-state index contributed by atoms with van der Waals surface area (Å²) < 4.78 is 40.3. The molecule has 2 rings (SSSR count). The van der Waals surface area contributed by atoms with Crippen LogP contribution in [0, 0.1) is 11.6 Å². The van der Waals surface area contributed by atoms with Crippen LogP contribution < -0.4 is 10.6 Å². The normalized spacial score (nSPS) is 20.9. The minimum absolute atomic E-state index is 0.133. The fourth-order valence-corrected chi connectivity index (χ4v) is 3.64. The van der Waals surface area contributed by atoms with Gasteiger partial charge in [0.15, 0.2) is 0 Å². The largest absolute Gasteiger partial charge is 0.497 e. The van der Waals surface area contributed by atoms with Crippen molar-refractivity contribution in [2.45, 2.75) is 58.5 Å². The summed E-state index contributed by atoms with van der Waals surface area (Å²) in [4.78, 5) is 0. The summed E-state index contributed by atoms with van der Waals surface area (Å²) in [5.41, 5.74) is -1.01. The van der Waals surface area contributed by atoms with Crippen molar-refractivity contribution in [1.82, 2.24) is 0 Å². The zero-order valence-electron chi connectivity index (χ0n) is 13.8. The van der Waals surface area contributed by atoms with Crippen LogP contribution in [0.15, 0.2) is 12.1 Å². The molecule has 1 aliphatic rings. The van der Waals surface area contributed by atoms with Crippen molar-refractivity contribution in [2.75, 3.05) is 0 Å². The van der Waals surface area contributed by atoms with Gasteiger partial charge in [-0.3, -0.25) is 0 Å². The molecule has 1 heterocycles. The molecule has 0 unspecified atom stereocenters. The average Bonchev–Trinajstić information content (AvgIpc) is 2.49. The Balaban J connectivity index is 2.42. The van der Waals surface area contributed by atoms with Crippen LogP contribution in [-0.4, -0.2) is 26.4 Å². The molecule has 6 heteroatoms. The van der Waals surface area contributed by atoms with Gasteiger partial charge in [0.1, 0.15) is 11.6 Å². The van der Waals surface area contributed by atoms with Crippen LogP contribution in [0.1, 0.15) is 27.7 Å². The Labute approximate surface area is 127 Å². The maximum atomic E-state index is 14.4. The van der Waals surface area contributed by atoms with Gasteiger partial charge in [-0.05, 0) is 45.0 Å². The Morgan fingerprint density at radius 2 is 1.38 bits per heavy atom. The van der Waals surface area contributed by atoms with Crippen molar-refractivity contribution in [3.63, 3.8) is 0 Å². The van der Waals surface area contributed by atoms with Crippen LogP contribution in [-0.2, 0) is 9.31 Å². The summed E-state index contributed by atoms with van der Waals surface area (Å²) in [6.45, 7) is 13.5. The molecular weight excluding hydrogens is 289 g/mol. The fourth-order valence-electron chi connectivity index (χ4n) is 2.29. The third kappa shape index (κ3) is 2.94. The third-order valence-electron chi connectivity index (χ3n) is 4.40. The highest BCUT2D eigenvalue weighted by atomic mass is 28.3. The maximum Gasteiger partial charge on any atom is 0.497 e. The number of hydrogen-bond acceptors (Lipinski definition) is 2. The number of hydrogen-bond donors (Lipinski definition) is 0. The van der Waals surface area contributed by atoms with Crippen molar-refractivity contribution in [3.8, 4) is 0 Å². The highest BCUT2D eigenvalue weighted by Gasteiger charge is 2.52. The van der Waals surface area contributed by atoms with Crippen LogP contribution in [0.25, 0.3) is 0 Å². The zero-order valence-corrected chi connectivity index (χ0v) is 14.8. The van der Waals surface area contributed by atoms with Crippen molar-refractivity contribution in [2.24, 2.45) is 0 Å². The third-order valence-corrected chi connectivity index (χ3v) is 6.40. The monoisotopic (exact) mass is 312 g/mol. The summed E-state index contributed by atoms with van der Waals surface area (Å²) in [5, 5.41) is 0.486. The molecule has 0 bridgehead atoms. The minimum atomic E-state index is -1.93. The summed E-state index contributed by atoms with van der Waals surface area (Å²) in [7, 11) is -2.80. The lowest BCUT2D eigenvalue weighted by atomic mass is 9.78. The standard InChI is InChI=1S/C15H23BF2O2Si/c1-14(2)15(3,4)20-16(19-14)10-8-12(18)13(9-11(10)17)21(5,6)7/h8-9H,1-7H3. The van der Waals surface area contributed by atoms with E-state index in [4.69, 9.17) is 9.31 Å². The van der Waals surface area contributed by atoms with Gasteiger partial charge in [0, 0.05) is 5.46 Å². The van der Waals surface area contributed by atoms with E-state index in [2.05, 4.69) is 0 Å². The summed E-state index contributed by atoms with van der Waals surface area (Å²) in [6.07, 6.45) is 0. The lowest BCUT2D eigenvalue weighted by molar-refractivity contribution is 0.00578. The smallest absolute Gasteiger partial charge is 0.399 e. The van der Waals surface area contributed by atoms with Gasteiger partial charge in [-0.25, -0.2) is 8.78 Å². The second-order valence-corrected chi connectivity index (χ2v) is 12.7. The Morgan fingerprint density at radius 3 is 1.81 bits per heavy atom. The second kappa shape index (κ2) is 4.90. The predicted octanol–water partition coefficient (Wildman–Crippen LogP) is 2.81. The predicted molar refractivity (Wildman–Crippen MR) is 85.1 cm³/mol. The van der Waals surface area contributed by atoms with Crippen LogP contribution in [0.3, 0.4) is 0 Å². The Morgan fingerprint density at radius 1 is 0.905 bits per heavy atom. The van der Waals surface area contributed by atoms with E-state index in [-0.39, 0.29) is 11.3 Å². The van der Waals surface area contributed by atoms with E-state index in [0.29, 0.717) is 5.19 Å². The molecule has 1 aliphatic heterocycles. The van der Waals surface area contributed by atoms with E-state index in [0.717, 1.165) is 0 Å². The number of rotatable bonds is 2. The first-order valence-corrected chi connectivity index (χ1v) is 10.7. The first kappa shape index (κ1) is 16.6. The van der Waals surface area contributed by atoms with Gasteiger partial charge in [-0.15, -0.1) is 0 Å². The van der Waals surface area contributed by atoms with Crippen molar-refractivity contribution < 1.29 is 18.1 Å². The molecule has 0 aromatic heterocycles. The molecule has 0 radical (unpaired) electrons. The van der Waals surface area contributed by atoms with Crippen molar-refractivity contribution in [3.05, 3.63) is 23.8 Å². The Bertz CT molecular complexity index is 552. The summed E-state index contributed by atoms with van der Waals surface area (Å²) in [5.74, 6) is -0.840. The van der Waals surface area contributed by atoms with Crippen LogP contribution in [0.4, 0.5) is 8.78 Å². The Hall–Kier alpha value is -0.718. The molecule has 0 spiro atoms. The topological polar surface area (TPSA) is 18.5 Å². The molecule has 0 amide bonds.